The highest BCUT2D eigenvalue weighted by atomic mass is 14.6. The Morgan fingerprint density at radius 2 is 1.84 bits per heavy atom. The average Bonchev–Trinajstić information content (AvgIpc) is 2.46. The third-order valence-corrected chi connectivity index (χ3v) is 3.45. The van der Waals surface area contributed by atoms with E-state index in [0.717, 1.165) is 11.1 Å². The number of hydrogen-bond acceptors (Lipinski definition) is 2. The van der Waals surface area contributed by atoms with E-state index < -0.39 is 0 Å². The molecule has 0 unspecified atom stereocenters. The quantitative estimate of drug-likeness (QED) is 0.751. The first kappa shape index (κ1) is 11.9. The summed E-state index contributed by atoms with van der Waals surface area (Å²) in [5.74, 6) is 0. The van der Waals surface area contributed by atoms with Crippen LogP contribution in [0.3, 0.4) is 0 Å². The van der Waals surface area contributed by atoms with E-state index in [4.69, 9.17) is 5.73 Å². The molecule has 0 aliphatic rings. The monoisotopic (exact) mass is 248 g/mol. The van der Waals surface area contributed by atoms with Gasteiger partial charge in [-0.1, -0.05) is 42.5 Å². The molecule has 0 spiro atoms. The van der Waals surface area contributed by atoms with E-state index in [1.807, 2.05) is 12.3 Å². The number of para-hydroxylation sites is 1. The zero-order valence-corrected chi connectivity index (χ0v) is 10.9. The molecule has 3 aromatic rings. The molecule has 0 fully saturated rings. The standard InChI is InChI=1S/C17H16N2/c1-12-10-13(11-18)7-8-15(12)16-6-2-4-14-5-3-9-19-17(14)16/h2-10H,11,18H2,1H3. The topological polar surface area (TPSA) is 38.9 Å². The maximum Gasteiger partial charge on any atom is 0.0780 e. The predicted octanol–water partition coefficient (Wildman–Crippen LogP) is 3.67. The molecule has 0 saturated heterocycles. The van der Waals surface area contributed by atoms with E-state index >= 15 is 0 Å². The molecular formula is C17H16N2. The summed E-state index contributed by atoms with van der Waals surface area (Å²) in [4.78, 5) is 4.52. The van der Waals surface area contributed by atoms with Gasteiger partial charge in [0, 0.05) is 23.7 Å². The molecule has 0 atom stereocenters. The van der Waals surface area contributed by atoms with Crippen molar-refractivity contribution in [2.45, 2.75) is 13.5 Å². The molecular weight excluding hydrogens is 232 g/mol. The predicted molar refractivity (Wildman–Crippen MR) is 79.8 cm³/mol. The lowest BCUT2D eigenvalue weighted by Crippen LogP contribution is -1.97. The van der Waals surface area contributed by atoms with E-state index in [2.05, 4.69) is 54.4 Å². The Morgan fingerprint density at radius 3 is 2.63 bits per heavy atom. The summed E-state index contributed by atoms with van der Waals surface area (Å²) >= 11 is 0. The third kappa shape index (κ3) is 2.11. The zero-order chi connectivity index (χ0) is 13.2. The Labute approximate surface area is 112 Å². The van der Waals surface area contributed by atoms with Crippen LogP contribution in [0.1, 0.15) is 11.1 Å². The van der Waals surface area contributed by atoms with E-state index in [1.54, 1.807) is 0 Å². The fourth-order valence-electron chi connectivity index (χ4n) is 2.48. The maximum atomic E-state index is 5.69. The molecule has 0 aliphatic heterocycles. The van der Waals surface area contributed by atoms with Gasteiger partial charge in [0.25, 0.3) is 0 Å². The first-order chi connectivity index (χ1) is 9.29. The molecule has 0 bridgehead atoms. The van der Waals surface area contributed by atoms with Gasteiger partial charge in [-0.3, -0.25) is 4.98 Å². The number of nitrogens with zero attached hydrogens (tertiary/aromatic N) is 1. The molecule has 1 aromatic heterocycles. The highest BCUT2D eigenvalue weighted by Gasteiger charge is 2.07. The number of aromatic nitrogens is 1. The van der Waals surface area contributed by atoms with Crippen LogP contribution >= 0.6 is 0 Å². The van der Waals surface area contributed by atoms with Gasteiger partial charge in [0.1, 0.15) is 0 Å². The number of hydrogen-bond donors (Lipinski definition) is 1. The Hall–Kier alpha value is -2.19. The molecule has 0 amide bonds. The van der Waals surface area contributed by atoms with Crippen molar-refractivity contribution in [2.24, 2.45) is 5.73 Å². The van der Waals surface area contributed by atoms with Gasteiger partial charge in [-0.25, -0.2) is 0 Å². The Kier molecular flexibility index (Phi) is 3.02. The third-order valence-electron chi connectivity index (χ3n) is 3.45. The largest absolute Gasteiger partial charge is 0.326 e. The number of rotatable bonds is 2. The van der Waals surface area contributed by atoms with Crippen molar-refractivity contribution in [2.75, 3.05) is 0 Å². The summed E-state index contributed by atoms with van der Waals surface area (Å²) in [6, 6.07) is 16.7. The summed E-state index contributed by atoms with van der Waals surface area (Å²) in [5.41, 5.74) is 11.5. The van der Waals surface area contributed by atoms with E-state index in [0.29, 0.717) is 6.54 Å². The Morgan fingerprint density at radius 1 is 1.00 bits per heavy atom. The SMILES string of the molecule is Cc1cc(CN)ccc1-c1cccc2cccnc12. The summed E-state index contributed by atoms with van der Waals surface area (Å²) in [6.45, 7) is 2.70. The smallest absolute Gasteiger partial charge is 0.0780 e. The van der Waals surface area contributed by atoms with Crippen LogP contribution in [-0.4, -0.2) is 4.98 Å². The molecule has 2 heteroatoms. The van der Waals surface area contributed by atoms with Crippen molar-refractivity contribution in [3.8, 4) is 11.1 Å². The molecule has 2 aromatic carbocycles. The van der Waals surface area contributed by atoms with Gasteiger partial charge in [0.15, 0.2) is 0 Å². The summed E-state index contributed by atoms with van der Waals surface area (Å²) in [7, 11) is 0. The van der Waals surface area contributed by atoms with E-state index in [9.17, 15) is 0 Å². The van der Waals surface area contributed by atoms with Crippen LogP contribution in [0.2, 0.25) is 0 Å². The van der Waals surface area contributed by atoms with Gasteiger partial charge < -0.3 is 5.73 Å². The normalized spacial score (nSPS) is 10.8. The molecule has 1 heterocycles. The van der Waals surface area contributed by atoms with Crippen LogP contribution in [0.5, 0.6) is 0 Å². The highest BCUT2D eigenvalue weighted by Crippen LogP contribution is 2.29. The van der Waals surface area contributed by atoms with Crippen LogP contribution in [-0.2, 0) is 6.54 Å². The van der Waals surface area contributed by atoms with Gasteiger partial charge in [-0.2, -0.15) is 0 Å². The van der Waals surface area contributed by atoms with Crippen molar-refractivity contribution in [1.82, 2.24) is 4.98 Å². The average molecular weight is 248 g/mol. The summed E-state index contributed by atoms with van der Waals surface area (Å²) in [6.07, 6.45) is 1.84. The fraction of sp³-hybridized carbons (Fsp3) is 0.118. The molecule has 94 valence electrons. The van der Waals surface area contributed by atoms with Crippen molar-refractivity contribution in [3.63, 3.8) is 0 Å². The van der Waals surface area contributed by atoms with Crippen LogP contribution in [0.25, 0.3) is 22.0 Å². The van der Waals surface area contributed by atoms with Crippen molar-refractivity contribution >= 4 is 10.9 Å². The lowest BCUT2D eigenvalue weighted by Gasteiger charge is -2.10. The first-order valence-corrected chi connectivity index (χ1v) is 6.43. The van der Waals surface area contributed by atoms with Gasteiger partial charge >= 0.3 is 0 Å². The Balaban J connectivity index is 2.24. The van der Waals surface area contributed by atoms with Crippen LogP contribution < -0.4 is 5.73 Å². The van der Waals surface area contributed by atoms with Crippen molar-refractivity contribution in [1.29, 1.82) is 0 Å². The second-order valence-corrected chi connectivity index (χ2v) is 4.73. The van der Waals surface area contributed by atoms with Crippen LogP contribution in [0, 0.1) is 6.92 Å². The van der Waals surface area contributed by atoms with Gasteiger partial charge in [0.05, 0.1) is 5.52 Å². The number of benzene rings is 2. The minimum absolute atomic E-state index is 0.578. The molecule has 19 heavy (non-hydrogen) atoms. The van der Waals surface area contributed by atoms with E-state index in [-0.39, 0.29) is 0 Å². The molecule has 0 radical (unpaired) electrons. The molecule has 2 nitrogen and oxygen atoms in total. The number of fused-ring (bicyclic) bond motifs is 1. The first-order valence-electron chi connectivity index (χ1n) is 6.43. The molecule has 3 rings (SSSR count). The minimum atomic E-state index is 0.578. The van der Waals surface area contributed by atoms with E-state index in [1.165, 1.54) is 22.1 Å². The van der Waals surface area contributed by atoms with Gasteiger partial charge in [0.2, 0.25) is 0 Å². The molecule has 2 N–H and O–H groups in total. The van der Waals surface area contributed by atoms with Gasteiger partial charge in [-0.05, 0) is 29.7 Å². The summed E-state index contributed by atoms with van der Waals surface area (Å²) in [5, 5.41) is 1.17. The second-order valence-electron chi connectivity index (χ2n) is 4.73. The number of pyridine rings is 1. The minimum Gasteiger partial charge on any atom is -0.326 e. The lowest BCUT2D eigenvalue weighted by atomic mass is 9.96. The molecule has 0 saturated carbocycles. The lowest BCUT2D eigenvalue weighted by molar-refractivity contribution is 1.07. The zero-order valence-electron chi connectivity index (χ0n) is 10.9. The number of nitrogens with two attached hydrogens (primary N) is 1. The summed E-state index contributed by atoms with van der Waals surface area (Å²) < 4.78 is 0. The van der Waals surface area contributed by atoms with Crippen LogP contribution in [0.15, 0.2) is 54.7 Å². The fourth-order valence-corrected chi connectivity index (χ4v) is 2.48. The highest BCUT2D eigenvalue weighted by molar-refractivity contribution is 5.94. The Bertz CT molecular complexity index is 727. The molecule has 0 aliphatic carbocycles. The van der Waals surface area contributed by atoms with Crippen molar-refractivity contribution in [3.05, 3.63) is 65.9 Å². The second kappa shape index (κ2) is 4.82. The van der Waals surface area contributed by atoms with Gasteiger partial charge in [-0.15, -0.1) is 0 Å². The van der Waals surface area contributed by atoms with Crippen LogP contribution in [0.4, 0.5) is 0 Å². The maximum absolute atomic E-state index is 5.69. The number of aryl methyl sites for hydroxylation is 1. The van der Waals surface area contributed by atoms with Crippen molar-refractivity contribution < 1.29 is 0 Å².